The molecule has 146 valence electrons. The van der Waals surface area contributed by atoms with Gasteiger partial charge in [0.1, 0.15) is 0 Å². The minimum atomic E-state index is -4.21. The minimum Gasteiger partial charge on any atom is -0.268 e. The summed E-state index contributed by atoms with van der Waals surface area (Å²) in [6, 6.07) is 22.3. The molecular formula is C24H21NO3S. The Morgan fingerprint density at radius 2 is 1.41 bits per heavy atom. The van der Waals surface area contributed by atoms with Gasteiger partial charge in [-0.15, -0.1) is 0 Å². The molecule has 3 rings (SSSR count). The van der Waals surface area contributed by atoms with Crippen molar-refractivity contribution >= 4 is 27.7 Å². The number of hydrogen-bond donors (Lipinski definition) is 0. The van der Waals surface area contributed by atoms with Crippen LogP contribution in [0.4, 0.5) is 5.69 Å². The monoisotopic (exact) mass is 403 g/mol. The smallest absolute Gasteiger partial charge is 0.268 e. The normalized spacial score (nSPS) is 10.9. The first-order chi connectivity index (χ1) is 13.9. The minimum absolute atomic E-state index is 0.0350. The van der Waals surface area contributed by atoms with Gasteiger partial charge in [-0.1, -0.05) is 79.9 Å². The molecule has 0 heterocycles. The lowest BCUT2D eigenvalue weighted by molar-refractivity contribution is -0.113. The fourth-order valence-electron chi connectivity index (χ4n) is 3.03. The van der Waals surface area contributed by atoms with Gasteiger partial charge in [0.25, 0.3) is 15.9 Å². The molecule has 0 saturated carbocycles. The molecule has 0 saturated heterocycles. The number of carbonyl (C=O) groups excluding carboxylic acids is 1. The van der Waals surface area contributed by atoms with Crippen LogP contribution in [0.2, 0.25) is 0 Å². The van der Waals surface area contributed by atoms with Crippen molar-refractivity contribution in [1.29, 1.82) is 0 Å². The SMILES string of the molecule is C=Cc1ccccc1-c1ccccc1S(=O)(=O)N(C(=O)C(=C)C)c1ccccc1. The Bertz CT molecular complexity index is 1180. The zero-order valence-corrected chi connectivity index (χ0v) is 16.9. The van der Waals surface area contributed by atoms with Crippen LogP contribution in [0.1, 0.15) is 12.5 Å². The van der Waals surface area contributed by atoms with Crippen molar-refractivity contribution in [3.8, 4) is 11.1 Å². The second-order valence-electron chi connectivity index (χ2n) is 6.48. The van der Waals surface area contributed by atoms with E-state index in [2.05, 4.69) is 13.2 Å². The summed E-state index contributed by atoms with van der Waals surface area (Å²) in [6.45, 7) is 8.96. The van der Waals surface area contributed by atoms with Gasteiger partial charge in [0.2, 0.25) is 0 Å². The van der Waals surface area contributed by atoms with Crippen molar-refractivity contribution in [2.45, 2.75) is 11.8 Å². The Kier molecular flexibility index (Phi) is 5.80. The van der Waals surface area contributed by atoms with E-state index in [1.807, 2.05) is 24.3 Å². The first-order valence-corrected chi connectivity index (χ1v) is 10.4. The Morgan fingerprint density at radius 1 is 0.862 bits per heavy atom. The molecule has 0 fully saturated rings. The Labute approximate surface area is 171 Å². The fourth-order valence-corrected chi connectivity index (χ4v) is 4.71. The summed E-state index contributed by atoms with van der Waals surface area (Å²) >= 11 is 0. The van der Waals surface area contributed by atoms with E-state index in [9.17, 15) is 13.2 Å². The molecule has 0 aliphatic heterocycles. The number of benzene rings is 3. The molecule has 4 nitrogen and oxygen atoms in total. The molecule has 0 bridgehead atoms. The third-order valence-corrected chi connectivity index (χ3v) is 6.19. The van der Waals surface area contributed by atoms with Gasteiger partial charge in [0.15, 0.2) is 0 Å². The third kappa shape index (κ3) is 3.91. The molecule has 0 spiro atoms. The number of anilines is 1. The lowest BCUT2D eigenvalue weighted by Gasteiger charge is -2.24. The van der Waals surface area contributed by atoms with E-state index in [1.54, 1.807) is 54.6 Å². The van der Waals surface area contributed by atoms with E-state index >= 15 is 0 Å². The summed E-state index contributed by atoms with van der Waals surface area (Å²) in [4.78, 5) is 12.9. The highest BCUT2D eigenvalue weighted by atomic mass is 32.2. The van der Waals surface area contributed by atoms with Crippen LogP contribution < -0.4 is 4.31 Å². The summed E-state index contributed by atoms with van der Waals surface area (Å²) < 4.78 is 28.2. The zero-order valence-electron chi connectivity index (χ0n) is 16.1. The number of nitrogens with zero attached hydrogens (tertiary/aromatic N) is 1. The Morgan fingerprint density at radius 3 is 2.03 bits per heavy atom. The molecule has 0 aromatic heterocycles. The standard InChI is InChI=1S/C24H21NO3S/c1-4-19-12-8-9-15-21(19)22-16-10-11-17-23(22)29(27,28)25(24(26)18(2)3)20-13-6-5-7-14-20/h4-17H,1-2H2,3H3. The Hall–Kier alpha value is -3.44. The maximum absolute atomic E-state index is 13.7. The lowest BCUT2D eigenvalue weighted by atomic mass is 10.00. The van der Waals surface area contributed by atoms with Crippen molar-refractivity contribution in [1.82, 2.24) is 0 Å². The predicted molar refractivity (Wildman–Crippen MR) is 118 cm³/mol. The number of hydrogen-bond acceptors (Lipinski definition) is 3. The van der Waals surface area contributed by atoms with Crippen molar-refractivity contribution in [2.75, 3.05) is 4.31 Å². The van der Waals surface area contributed by atoms with Gasteiger partial charge in [-0.2, -0.15) is 4.31 Å². The van der Waals surface area contributed by atoms with E-state index in [1.165, 1.54) is 13.0 Å². The molecule has 1 amide bonds. The maximum Gasteiger partial charge on any atom is 0.271 e. The van der Waals surface area contributed by atoms with Crippen LogP contribution in [0.15, 0.2) is 102 Å². The van der Waals surface area contributed by atoms with Gasteiger partial charge in [-0.25, -0.2) is 8.42 Å². The second kappa shape index (κ2) is 8.29. The number of sulfonamides is 1. The molecule has 5 heteroatoms. The first-order valence-electron chi connectivity index (χ1n) is 8.99. The molecular weight excluding hydrogens is 382 g/mol. The molecule has 0 atom stereocenters. The van der Waals surface area contributed by atoms with E-state index in [0.29, 0.717) is 5.56 Å². The van der Waals surface area contributed by atoms with Crippen LogP contribution in [0.25, 0.3) is 17.2 Å². The molecule has 0 aliphatic carbocycles. The van der Waals surface area contributed by atoms with Gasteiger partial charge >= 0.3 is 0 Å². The molecule has 0 unspecified atom stereocenters. The highest BCUT2D eigenvalue weighted by Crippen LogP contribution is 2.34. The predicted octanol–water partition coefficient (Wildman–Crippen LogP) is 5.29. The summed E-state index contributed by atoms with van der Waals surface area (Å²) in [5.41, 5.74) is 2.40. The van der Waals surface area contributed by atoms with Crippen LogP contribution in [-0.4, -0.2) is 14.3 Å². The summed E-state index contributed by atoms with van der Waals surface area (Å²) in [7, 11) is -4.21. The van der Waals surface area contributed by atoms with Gasteiger partial charge < -0.3 is 0 Å². The number of para-hydroxylation sites is 1. The lowest BCUT2D eigenvalue weighted by Crippen LogP contribution is -2.37. The summed E-state index contributed by atoms with van der Waals surface area (Å²) in [6.07, 6.45) is 1.67. The third-order valence-electron chi connectivity index (χ3n) is 4.42. The van der Waals surface area contributed by atoms with Crippen LogP contribution in [-0.2, 0) is 14.8 Å². The van der Waals surface area contributed by atoms with Crippen LogP contribution in [0.5, 0.6) is 0 Å². The van der Waals surface area contributed by atoms with Crippen molar-refractivity contribution in [3.63, 3.8) is 0 Å². The van der Waals surface area contributed by atoms with E-state index in [0.717, 1.165) is 15.4 Å². The van der Waals surface area contributed by atoms with Crippen molar-refractivity contribution in [2.24, 2.45) is 0 Å². The average molecular weight is 404 g/mol. The topological polar surface area (TPSA) is 54.5 Å². The van der Waals surface area contributed by atoms with E-state index in [4.69, 9.17) is 0 Å². The second-order valence-corrected chi connectivity index (χ2v) is 8.23. The van der Waals surface area contributed by atoms with Gasteiger partial charge in [0.05, 0.1) is 10.6 Å². The van der Waals surface area contributed by atoms with Crippen molar-refractivity contribution < 1.29 is 13.2 Å². The summed E-state index contributed by atoms with van der Waals surface area (Å²) in [5, 5.41) is 0. The van der Waals surface area contributed by atoms with Gasteiger partial charge in [-0.3, -0.25) is 4.79 Å². The molecule has 29 heavy (non-hydrogen) atoms. The highest BCUT2D eigenvalue weighted by molar-refractivity contribution is 7.93. The molecule has 3 aromatic rings. The first kappa shape index (κ1) is 20.3. The highest BCUT2D eigenvalue weighted by Gasteiger charge is 2.33. The van der Waals surface area contributed by atoms with E-state index < -0.39 is 15.9 Å². The quantitative estimate of drug-likeness (QED) is 0.525. The van der Waals surface area contributed by atoms with Gasteiger partial charge in [-0.05, 0) is 36.2 Å². The molecule has 0 aliphatic rings. The largest absolute Gasteiger partial charge is 0.271 e. The summed E-state index contributed by atoms with van der Waals surface area (Å²) in [5.74, 6) is -0.678. The van der Waals surface area contributed by atoms with Gasteiger partial charge in [0, 0.05) is 11.1 Å². The van der Waals surface area contributed by atoms with Crippen molar-refractivity contribution in [3.05, 3.63) is 103 Å². The molecule has 0 radical (unpaired) electrons. The van der Waals surface area contributed by atoms with Crippen LogP contribution in [0.3, 0.4) is 0 Å². The number of rotatable bonds is 6. The zero-order chi connectivity index (χ0) is 21.0. The number of carbonyl (C=O) groups is 1. The van der Waals surface area contributed by atoms with Crippen LogP contribution in [0, 0.1) is 0 Å². The average Bonchev–Trinajstić information content (AvgIpc) is 2.74. The Balaban J connectivity index is 2.27. The maximum atomic E-state index is 13.7. The number of amides is 1. The molecule has 3 aromatic carbocycles. The fraction of sp³-hybridized carbons (Fsp3) is 0.0417. The van der Waals surface area contributed by atoms with E-state index in [-0.39, 0.29) is 16.2 Å². The molecule has 0 N–H and O–H groups in total. The van der Waals surface area contributed by atoms with Crippen LogP contribution >= 0.6 is 0 Å².